The van der Waals surface area contributed by atoms with Crippen LogP contribution in [0.3, 0.4) is 0 Å². The molecule has 0 aliphatic carbocycles. The van der Waals surface area contributed by atoms with Crippen LogP contribution in [-0.2, 0) is 17.4 Å². The number of nitrogens with zero attached hydrogens (tertiary/aromatic N) is 2. The lowest BCUT2D eigenvalue weighted by atomic mass is 10.4. The topological polar surface area (TPSA) is 63.1 Å². The Balaban J connectivity index is 2.81. The van der Waals surface area contributed by atoms with Crippen LogP contribution in [0.25, 0.3) is 0 Å². The summed E-state index contributed by atoms with van der Waals surface area (Å²) in [6.45, 7) is 0. The molecule has 0 aliphatic rings. The molecule has 0 saturated heterocycles. The van der Waals surface area contributed by atoms with Crippen LogP contribution in [0.1, 0.15) is 10.8 Å². The van der Waals surface area contributed by atoms with Gasteiger partial charge in [-0.2, -0.15) is 17.5 Å². The Labute approximate surface area is 74.2 Å². The van der Waals surface area contributed by atoms with Crippen molar-refractivity contribution in [3.05, 3.63) is 10.8 Å². The molecule has 0 aromatic carbocycles. The molecule has 4 nitrogen and oxygen atoms in total. The number of carbonyl (C=O) groups is 1. The fourth-order valence-electron chi connectivity index (χ4n) is 0.571. The van der Waals surface area contributed by atoms with Gasteiger partial charge in [-0.25, -0.2) is 4.98 Å². The van der Waals surface area contributed by atoms with Crippen LogP contribution in [0.15, 0.2) is 0 Å². The zero-order chi connectivity index (χ0) is 10.1. The Kier molecular flexibility index (Phi) is 2.50. The minimum Gasteiger partial charge on any atom is -0.481 e. The van der Waals surface area contributed by atoms with Crippen LogP contribution in [0, 0.1) is 0 Å². The van der Waals surface area contributed by atoms with Crippen molar-refractivity contribution in [1.82, 2.24) is 9.36 Å². The molecule has 0 unspecified atom stereocenters. The fraction of sp³-hybridized carbons (Fsp3) is 0.400. The molecular weight excluding hydrogens is 209 g/mol. The molecule has 0 atom stereocenters. The van der Waals surface area contributed by atoms with Crippen molar-refractivity contribution in [2.24, 2.45) is 0 Å². The first kappa shape index (κ1) is 9.90. The molecule has 0 radical (unpaired) electrons. The van der Waals surface area contributed by atoms with Gasteiger partial charge in [0.15, 0.2) is 0 Å². The molecule has 0 spiro atoms. The smallest absolute Gasteiger partial charge is 0.452 e. The van der Waals surface area contributed by atoms with Gasteiger partial charge in [0.05, 0.1) is 6.42 Å². The van der Waals surface area contributed by atoms with Gasteiger partial charge in [0.1, 0.15) is 5.01 Å². The third-order valence-corrected chi connectivity index (χ3v) is 1.73. The minimum atomic E-state index is -4.60. The van der Waals surface area contributed by atoms with E-state index in [1.54, 1.807) is 0 Å². The van der Waals surface area contributed by atoms with E-state index in [0.717, 1.165) is 0 Å². The second-order valence-electron chi connectivity index (χ2n) is 2.08. The van der Waals surface area contributed by atoms with Gasteiger partial charge in [-0.1, -0.05) is 0 Å². The third-order valence-electron chi connectivity index (χ3n) is 1.02. The Hall–Kier alpha value is -1.18. The lowest BCUT2D eigenvalue weighted by molar-refractivity contribution is -0.144. The SMILES string of the molecule is O=C(O)Cc1nc(C(F)(F)F)ns1. The first-order chi connectivity index (χ1) is 5.89. The zero-order valence-corrected chi connectivity index (χ0v) is 6.82. The highest BCUT2D eigenvalue weighted by Gasteiger charge is 2.36. The standard InChI is InChI=1S/C5H3F3N2O2S/c6-5(7,8)4-9-2(13-10-4)1-3(11)12/h1H2,(H,11,12). The second-order valence-corrected chi connectivity index (χ2v) is 2.92. The number of hydrogen-bond acceptors (Lipinski definition) is 4. The number of alkyl halides is 3. The molecule has 8 heteroatoms. The molecule has 1 N–H and O–H groups in total. The summed E-state index contributed by atoms with van der Waals surface area (Å²) in [4.78, 5) is 13.1. The third kappa shape index (κ3) is 2.65. The first-order valence-electron chi connectivity index (χ1n) is 3.01. The van der Waals surface area contributed by atoms with Crippen LogP contribution in [0.2, 0.25) is 0 Å². The number of aliphatic carboxylic acids is 1. The molecule has 13 heavy (non-hydrogen) atoms. The summed E-state index contributed by atoms with van der Waals surface area (Å²) in [6.07, 6.45) is -5.14. The van der Waals surface area contributed by atoms with E-state index < -0.39 is 24.4 Å². The molecule has 0 fully saturated rings. The van der Waals surface area contributed by atoms with E-state index in [2.05, 4.69) is 9.36 Å². The van der Waals surface area contributed by atoms with E-state index in [1.165, 1.54) is 0 Å². The Morgan fingerprint density at radius 1 is 1.54 bits per heavy atom. The Morgan fingerprint density at radius 3 is 2.54 bits per heavy atom. The summed E-state index contributed by atoms with van der Waals surface area (Å²) < 4.78 is 38.6. The van der Waals surface area contributed by atoms with Crippen molar-refractivity contribution >= 4 is 17.5 Å². The highest BCUT2D eigenvalue weighted by molar-refractivity contribution is 7.05. The maximum absolute atomic E-state index is 11.9. The quantitative estimate of drug-likeness (QED) is 0.799. The van der Waals surface area contributed by atoms with Crippen LogP contribution >= 0.6 is 11.5 Å². The van der Waals surface area contributed by atoms with Crippen molar-refractivity contribution in [2.75, 3.05) is 0 Å². The largest absolute Gasteiger partial charge is 0.481 e. The van der Waals surface area contributed by atoms with E-state index in [9.17, 15) is 18.0 Å². The van der Waals surface area contributed by atoms with E-state index >= 15 is 0 Å². The predicted octanol–water partition coefficient (Wildman–Crippen LogP) is 1.18. The molecular formula is C5H3F3N2O2S. The number of carboxylic acids is 1. The van der Waals surface area contributed by atoms with Gasteiger partial charge in [-0.3, -0.25) is 4.79 Å². The van der Waals surface area contributed by atoms with Gasteiger partial charge in [0.2, 0.25) is 5.82 Å². The highest BCUT2D eigenvalue weighted by Crippen LogP contribution is 2.27. The van der Waals surface area contributed by atoms with Crippen molar-refractivity contribution < 1.29 is 23.1 Å². The van der Waals surface area contributed by atoms with Crippen LogP contribution in [-0.4, -0.2) is 20.4 Å². The summed E-state index contributed by atoms with van der Waals surface area (Å²) in [6, 6.07) is 0. The van der Waals surface area contributed by atoms with Crippen LogP contribution in [0.5, 0.6) is 0 Å². The van der Waals surface area contributed by atoms with Crippen molar-refractivity contribution in [3.63, 3.8) is 0 Å². The van der Waals surface area contributed by atoms with Crippen LogP contribution in [0.4, 0.5) is 13.2 Å². The van der Waals surface area contributed by atoms with Gasteiger partial charge in [0, 0.05) is 0 Å². The fourth-order valence-corrected chi connectivity index (χ4v) is 1.22. The normalized spacial score (nSPS) is 11.6. The Morgan fingerprint density at radius 2 is 2.15 bits per heavy atom. The molecule has 1 aromatic heterocycles. The van der Waals surface area contributed by atoms with Gasteiger partial charge in [-0.15, -0.1) is 0 Å². The predicted molar refractivity (Wildman–Crippen MR) is 36.3 cm³/mol. The average molecular weight is 212 g/mol. The molecule has 0 aliphatic heterocycles. The lowest BCUT2D eigenvalue weighted by Crippen LogP contribution is -2.08. The second kappa shape index (κ2) is 3.29. The zero-order valence-electron chi connectivity index (χ0n) is 6.00. The minimum absolute atomic E-state index is 0.153. The number of hydrogen-bond donors (Lipinski definition) is 1. The summed E-state index contributed by atoms with van der Waals surface area (Å²) in [5, 5.41) is 8.08. The van der Waals surface area contributed by atoms with Crippen LogP contribution < -0.4 is 0 Å². The number of halogens is 3. The molecule has 1 aromatic rings. The summed E-state index contributed by atoms with van der Waals surface area (Å²) in [5.41, 5.74) is 0. The maximum atomic E-state index is 11.9. The van der Waals surface area contributed by atoms with E-state index in [4.69, 9.17) is 5.11 Å². The molecule has 0 saturated carbocycles. The van der Waals surface area contributed by atoms with Crippen molar-refractivity contribution in [1.29, 1.82) is 0 Å². The summed E-state index contributed by atoms with van der Waals surface area (Å²) in [5.74, 6) is -2.52. The Bertz CT molecular complexity index is 322. The molecule has 0 amide bonds. The van der Waals surface area contributed by atoms with E-state index in [1.807, 2.05) is 0 Å². The van der Waals surface area contributed by atoms with Gasteiger partial charge in [-0.05, 0) is 11.5 Å². The first-order valence-corrected chi connectivity index (χ1v) is 3.78. The van der Waals surface area contributed by atoms with Gasteiger partial charge in [0.25, 0.3) is 0 Å². The molecule has 1 heterocycles. The molecule has 1 rings (SSSR count). The molecule has 72 valence electrons. The monoisotopic (exact) mass is 212 g/mol. The number of rotatable bonds is 2. The maximum Gasteiger partial charge on any atom is 0.452 e. The van der Waals surface area contributed by atoms with E-state index in [-0.39, 0.29) is 5.01 Å². The number of carboxylic acid groups (broad SMARTS) is 1. The summed E-state index contributed by atoms with van der Waals surface area (Å²) >= 11 is 0.443. The van der Waals surface area contributed by atoms with Gasteiger partial charge < -0.3 is 5.11 Å². The number of aromatic nitrogens is 2. The average Bonchev–Trinajstić information content (AvgIpc) is 2.32. The van der Waals surface area contributed by atoms with Crippen molar-refractivity contribution in [3.8, 4) is 0 Å². The van der Waals surface area contributed by atoms with Gasteiger partial charge >= 0.3 is 12.1 Å². The van der Waals surface area contributed by atoms with Crippen molar-refractivity contribution in [2.45, 2.75) is 12.6 Å². The lowest BCUT2D eigenvalue weighted by Gasteiger charge is -1.97. The summed E-state index contributed by atoms with van der Waals surface area (Å²) in [7, 11) is 0. The van der Waals surface area contributed by atoms with E-state index in [0.29, 0.717) is 11.5 Å². The molecule has 0 bridgehead atoms. The highest BCUT2D eigenvalue weighted by atomic mass is 32.1.